The molecule has 2 aromatic carbocycles. The number of hydrogen-bond donors (Lipinski definition) is 1. The number of rotatable bonds is 8. The lowest BCUT2D eigenvalue weighted by atomic mass is 10.0. The lowest BCUT2D eigenvalue weighted by molar-refractivity contribution is -0.131. The third kappa shape index (κ3) is 4.54. The van der Waals surface area contributed by atoms with Crippen LogP contribution in [0.5, 0.6) is 17.2 Å². The van der Waals surface area contributed by atoms with E-state index in [0.29, 0.717) is 30.9 Å². The summed E-state index contributed by atoms with van der Waals surface area (Å²) in [6, 6.07) is 13.2. The molecule has 3 rings (SSSR count). The van der Waals surface area contributed by atoms with Gasteiger partial charge in [0.2, 0.25) is 6.10 Å². The fourth-order valence-corrected chi connectivity index (χ4v) is 2.95. The number of oxime groups is 1. The fourth-order valence-electron chi connectivity index (χ4n) is 2.95. The molecule has 1 heterocycles. The molecule has 148 valence electrons. The van der Waals surface area contributed by atoms with Crippen LogP contribution in [0.3, 0.4) is 0 Å². The van der Waals surface area contributed by atoms with Crippen LogP contribution < -0.4 is 19.5 Å². The largest absolute Gasteiger partial charge is 0.497 e. The Hall–Kier alpha value is -3.22. The van der Waals surface area contributed by atoms with Gasteiger partial charge < -0.3 is 24.4 Å². The van der Waals surface area contributed by atoms with Crippen LogP contribution in [0.1, 0.15) is 17.5 Å². The van der Waals surface area contributed by atoms with Gasteiger partial charge in [0.15, 0.2) is 11.5 Å². The molecule has 0 saturated carbocycles. The minimum Gasteiger partial charge on any atom is -0.497 e. The molecule has 1 aliphatic rings. The minimum absolute atomic E-state index is 0.173. The summed E-state index contributed by atoms with van der Waals surface area (Å²) in [4.78, 5) is 17.7. The molecule has 2 aromatic rings. The molecule has 1 aliphatic heterocycles. The van der Waals surface area contributed by atoms with Gasteiger partial charge in [0.1, 0.15) is 5.75 Å². The zero-order chi connectivity index (χ0) is 19.9. The second-order valence-corrected chi connectivity index (χ2v) is 6.30. The van der Waals surface area contributed by atoms with E-state index in [0.717, 1.165) is 22.6 Å². The minimum atomic E-state index is -0.609. The van der Waals surface area contributed by atoms with Gasteiger partial charge in [-0.1, -0.05) is 11.2 Å². The third-order valence-electron chi connectivity index (χ3n) is 4.55. The number of ether oxygens (including phenoxy) is 3. The Balaban J connectivity index is 1.48. The van der Waals surface area contributed by atoms with E-state index in [1.165, 1.54) is 0 Å². The highest BCUT2D eigenvalue weighted by molar-refractivity contribution is 6.04. The molecule has 1 amide bonds. The van der Waals surface area contributed by atoms with E-state index >= 15 is 0 Å². The van der Waals surface area contributed by atoms with Crippen molar-refractivity contribution in [1.29, 1.82) is 0 Å². The van der Waals surface area contributed by atoms with Gasteiger partial charge >= 0.3 is 0 Å². The highest BCUT2D eigenvalue weighted by atomic mass is 16.6. The van der Waals surface area contributed by atoms with Crippen LogP contribution in [0, 0.1) is 0 Å². The van der Waals surface area contributed by atoms with Crippen molar-refractivity contribution in [2.75, 3.05) is 27.9 Å². The fraction of sp³-hybridized carbons (Fsp3) is 0.333. The quantitative estimate of drug-likeness (QED) is 0.757. The summed E-state index contributed by atoms with van der Waals surface area (Å²) in [7, 11) is 4.82. The molecule has 0 bridgehead atoms. The number of carbonyl (C=O) groups excluding carboxylic acids is 1. The molecule has 0 aliphatic carbocycles. The van der Waals surface area contributed by atoms with Crippen molar-refractivity contribution in [1.82, 2.24) is 5.32 Å². The molecular weight excluding hydrogens is 360 g/mol. The summed E-state index contributed by atoms with van der Waals surface area (Å²) in [6.07, 6.45) is 0.502. The molecule has 0 aromatic heterocycles. The Labute approximate surface area is 164 Å². The van der Waals surface area contributed by atoms with E-state index in [1.54, 1.807) is 21.3 Å². The predicted octanol–water partition coefficient (Wildman–Crippen LogP) is 2.56. The average Bonchev–Trinajstić information content (AvgIpc) is 3.24. The standard InChI is InChI=1S/C21H24N2O5/c1-25-16-7-5-15(6-8-16)17-13-20(28-23-17)21(24)22-11-10-14-4-9-18(26-2)19(12-14)27-3/h4-9,12,20H,10-11,13H2,1-3H3,(H,22,24)/t20-/m0/s1. The van der Waals surface area contributed by atoms with Gasteiger partial charge in [-0.3, -0.25) is 4.79 Å². The monoisotopic (exact) mass is 384 g/mol. The number of carbonyl (C=O) groups is 1. The number of hydrogen-bond acceptors (Lipinski definition) is 6. The highest BCUT2D eigenvalue weighted by Crippen LogP contribution is 2.27. The van der Waals surface area contributed by atoms with Crippen molar-refractivity contribution >= 4 is 11.6 Å². The second-order valence-electron chi connectivity index (χ2n) is 6.30. The number of nitrogens with one attached hydrogen (secondary N) is 1. The molecule has 0 radical (unpaired) electrons. The summed E-state index contributed by atoms with van der Waals surface area (Å²) in [6.45, 7) is 0.492. The molecule has 7 nitrogen and oxygen atoms in total. The molecule has 1 N–H and O–H groups in total. The molecule has 28 heavy (non-hydrogen) atoms. The summed E-state index contributed by atoms with van der Waals surface area (Å²) >= 11 is 0. The van der Waals surface area contributed by atoms with Gasteiger partial charge in [0.05, 0.1) is 27.0 Å². The lowest BCUT2D eigenvalue weighted by Crippen LogP contribution is -2.36. The second kappa shape index (κ2) is 9.12. The molecule has 0 unspecified atom stereocenters. The Morgan fingerprint density at radius 3 is 2.50 bits per heavy atom. The maximum atomic E-state index is 12.4. The topological polar surface area (TPSA) is 78.4 Å². The Morgan fingerprint density at radius 1 is 1.07 bits per heavy atom. The number of methoxy groups -OCH3 is 3. The summed E-state index contributed by atoms with van der Waals surface area (Å²) < 4.78 is 15.7. The van der Waals surface area contributed by atoms with E-state index in [4.69, 9.17) is 19.0 Å². The highest BCUT2D eigenvalue weighted by Gasteiger charge is 2.28. The maximum Gasteiger partial charge on any atom is 0.264 e. The van der Waals surface area contributed by atoms with Gasteiger partial charge in [0, 0.05) is 13.0 Å². The summed E-state index contributed by atoms with van der Waals surface area (Å²) in [5.41, 5.74) is 2.71. The van der Waals surface area contributed by atoms with Crippen LogP contribution in [0.4, 0.5) is 0 Å². The Morgan fingerprint density at radius 2 is 1.82 bits per heavy atom. The van der Waals surface area contributed by atoms with Crippen molar-refractivity contribution < 1.29 is 23.8 Å². The van der Waals surface area contributed by atoms with Crippen molar-refractivity contribution in [2.45, 2.75) is 18.9 Å². The van der Waals surface area contributed by atoms with Crippen LogP contribution >= 0.6 is 0 Å². The van der Waals surface area contributed by atoms with Gasteiger partial charge in [-0.05, 0) is 53.9 Å². The Kier molecular flexibility index (Phi) is 6.37. The van der Waals surface area contributed by atoms with Crippen LogP contribution in [0.25, 0.3) is 0 Å². The first-order chi connectivity index (χ1) is 13.6. The molecule has 0 fully saturated rings. The first kappa shape index (κ1) is 19.5. The molecular formula is C21H24N2O5. The molecule has 0 spiro atoms. The number of benzene rings is 2. The summed E-state index contributed by atoms with van der Waals surface area (Å²) in [5, 5.41) is 6.96. The Bertz CT molecular complexity index is 848. The third-order valence-corrected chi connectivity index (χ3v) is 4.55. The van der Waals surface area contributed by atoms with Crippen LogP contribution in [0.2, 0.25) is 0 Å². The predicted molar refractivity (Wildman–Crippen MR) is 105 cm³/mol. The zero-order valence-corrected chi connectivity index (χ0v) is 16.2. The first-order valence-corrected chi connectivity index (χ1v) is 9.00. The number of nitrogens with zero attached hydrogens (tertiary/aromatic N) is 1. The van der Waals surface area contributed by atoms with E-state index in [2.05, 4.69) is 10.5 Å². The van der Waals surface area contributed by atoms with E-state index in [-0.39, 0.29) is 5.91 Å². The maximum absolute atomic E-state index is 12.4. The molecule has 1 atom stereocenters. The summed E-state index contributed by atoms with van der Waals surface area (Å²) in [5.74, 6) is 1.95. The van der Waals surface area contributed by atoms with Crippen molar-refractivity contribution in [3.8, 4) is 17.2 Å². The van der Waals surface area contributed by atoms with Crippen LogP contribution in [0.15, 0.2) is 47.6 Å². The van der Waals surface area contributed by atoms with E-state index < -0.39 is 6.10 Å². The molecule has 7 heteroatoms. The normalized spacial score (nSPS) is 15.4. The van der Waals surface area contributed by atoms with Gasteiger partial charge in [0.25, 0.3) is 5.91 Å². The first-order valence-electron chi connectivity index (χ1n) is 9.00. The van der Waals surface area contributed by atoms with Crippen LogP contribution in [-0.4, -0.2) is 45.6 Å². The SMILES string of the molecule is COc1ccc(C2=NO[C@H](C(=O)NCCc3ccc(OC)c(OC)c3)C2)cc1. The van der Waals surface area contributed by atoms with Crippen molar-refractivity contribution in [3.05, 3.63) is 53.6 Å². The van der Waals surface area contributed by atoms with E-state index in [9.17, 15) is 4.79 Å². The van der Waals surface area contributed by atoms with Gasteiger partial charge in [-0.25, -0.2) is 0 Å². The van der Waals surface area contributed by atoms with Gasteiger partial charge in [-0.15, -0.1) is 0 Å². The lowest BCUT2D eigenvalue weighted by Gasteiger charge is -2.11. The van der Waals surface area contributed by atoms with Crippen molar-refractivity contribution in [2.24, 2.45) is 5.16 Å². The average molecular weight is 384 g/mol. The van der Waals surface area contributed by atoms with Crippen LogP contribution in [-0.2, 0) is 16.1 Å². The van der Waals surface area contributed by atoms with E-state index in [1.807, 2.05) is 42.5 Å². The zero-order valence-electron chi connectivity index (χ0n) is 16.2. The number of amides is 1. The molecule has 0 saturated heterocycles. The van der Waals surface area contributed by atoms with Crippen molar-refractivity contribution in [3.63, 3.8) is 0 Å². The van der Waals surface area contributed by atoms with Gasteiger partial charge in [-0.2, -0.15) is 0 Å². The smallest absolute Gasteiger partial charge is 0.264 e.